The lowest BCUT2D eigenvalue weighted by molar-refractivity contribution is -0.182. The van der Waals surface area contributed by atoms with E-state index in [2.05, 4.69) is 0 Å². The lowest BCUT2D eigenvalue weighted by atomic mass is 9.57. The van der Waals surface area contributed by atoms with Gasteiger partial charge in [-0.2, -0.15) is 0 Å². The smallest absolute Gasteiger partial charge is 0.211 e. The molecule has 1 atom stereocenters. The van der Waals surface area contributed by atoms with Crippen LogP contribution in [0.1, 0.15) is 32.6 Å². The Balaban J connectivity index is 1.82. The van der Waals surface area contributed by atoms with Gasteiger partial charge in [0.05, 0.1) is 6.26 Å². The Kier molecular flexibility index (Phi) is 4.02. The van der Waals surface area contributed by atoms with Crippen molar-refractivity contribution >= 4 is 10.0 Å². The van der Waals surface area contributed by atoms with Gasteiger partial charge < -0.3 is 9.84 Å². The quantitative estimate of drug-likeness (QED) is 0.772. The molecule has 1 saturated heterocycles. The molecular weight excluding hydrogens is 254 g/mol. The Labute approximate surface area is 109 Å². The first kappa shape index (κ1) is 14.2. The fraction of sp³-hybridized carbons (Fsp3) is 1.00. The Bertz CT molecular complexity index is 379. The highest BCUT2D eigenvalue weighted by molar-refractivity contribution is 7.88. The molecule has 0 aromatic rings. The number of hydrogen-bond donors (Lipinski definition) is 1. The molecule has 2 rings (SSSR count). The van der Waals surface area contributed by atoms with Crippen molar-refractivity contribution in [3.63, 3.8) is 0 Å². The Hall–Kier alpha value is -0.170. The van der Waals surface area contributed by atoms with Crippen molar-refractivity contribution < 1.29 is 18.3 Å². The first-order valence-electron chi connectivity index (χ1n) is 6.61. The molecule has 0 radical (unpaired) electrons. The zero-order valence-electron chi connectivity index (χ0n) is 11.1. The summed E-state index contributed by atoms with van der Waals surface area (Å²) >= 11 is 0. The lowest BCUT2D eigenvalue weighted by Gasteiger charge is -2.52. The number of ether oxygens (including phenoxy) is 1. The maximum absolute atomic E-state index is 11.4. The van der Waals surface area contributed by atoms with Crippen LogP contribution >= 0.6 is 0 Å². The van der Waals surface area contributed by atoms with Crippen LogP contribution in [0.2, 0.25) is 0 Å². The van der Waals surface area contributed by atoms with Gasteiger partial charge in [0.25, 0.3) is 0 Å². The van der Waals surface area contributed by atoms with Crippen LogP contribution in [-0.2, 0) is 14.8 Å². The Morgan fingerprint density at radius 3 is 2.39 bits per heavy atom. The zero-order valence-corrected chi connectivity index (χ0v) is 11.9. The molecule has 1 N–H and O–H groups in total. The van der Waals surface area contributed by atoms with Crippen molar-refractivity contribution in [3.05, 3.63) is 0 Å². The zero-order chi connectivity index (χ0) is 13.4. The molecule has 2 aliphatic rings. The topological polar surface area (TPSA) is 66.8 Å². The van der Waals surface area contributed by atoms with Gasteiger partial charge in [-0.3, -0.25) is 0 Å². The van der Waals surface area contributed by atoms with E-state index in [0.29, 0.717) is 19.7 Å². The highest BCUT2D eigenvalue weighted by Gasteiger charge is 2.49. The van der Waals surface area contributed by atoms with Gasteiger partial charge in [0.2, 0.25) is 10.0 Å². The van der Waals surface area contributed by atoms with Crippen molar-refractivity contribution in [2.75, 3.05) is 26.0 Å². The number of aliphatic hydroxyl groups excluding tert-OH is 1. The fourth-order valence-corrected chi connectivity index (χ4v) is 4.11. The second-order valence-corrected chi connectivity index (χ2v) is 7.66. The van der Waals surface area contributed by atoms with Gasteiger partial charge >= 0.3 is 0 Å². The van der Waals surface area contributed by atoms with Crippen LogP contribution in [0.15, 0.2) is 0 Å². The van der Waals surface area contributed by atoms with Gasteiger partial charge in [-0.15, -0.1) is 0 Å². The molecule has 1 unspecified atom stereocenters. The molecule has 1 aliphatic heterocycles. The standard InChI is InChI=1S/C12H23NO4S/c1-3-17-11(14)10-8-12(9-10)4-6-13(7-5-12)18(2,15)16/h10-11,14H,3-9H2,1-2H3. The monoisotopic (exact) mass is 277 g/mol. The first-order chi connectivity index (χ1) is 8.36. The molecule has 2 fully saturated rings. The molecule has 0 amide bonds. The summed E-state index contributed by atoms with van der Waals surface area (Å²) in [5, 5.41) is 9.74. The van der Waals surface area contributed by atoms with Crippen LogP contribution in [-0.4, -0.2) is 50.1 Å². The molecule has 5 nitrogen and oxygen atoms in total. The summed E-state index contributed by atoms with van der Waals surface area (Å²) in [5.41, 5.74) is 0.254. The highest BCUT2D eigenvalue weighted by Crippen LogP contribution is 2.53. The van der Waals surface area contributed by atoms with Crippen molar-refractivity contribution in [1.29, 1.82) is 0 Å². The van der Waals surface area contributed by atoms with E-state index in [1.807, 2.05) is 6.92 Å². The van der Waals surface area contributed by atoms with E-state index in [-0.39, 0.29) is 11.3 Å². The lowest BCUT2D eigenvalue weighted by Crippen LogP contribution is -2.51. The molecular formula is C12H23NO4S. The van der Waals surface area contributed by atoms with Gasteiger partial charge in [0, 0.05) is 25.6 Å². The van der Waals surface area contributed by atoms with Gasteiger partial charge in [-0.05, 0) is 38.0 Å². The van der Waals surface area contributed by atoms with E-state index in [9.17, 15) is 13.5 Å². The number of aliphatic hydroxyl groups is 1. The minimum absolute atomic E-state index is 0.231. The van der Waals surface area contributed by atoms with Crippen LogP contribution in [0.3, 0.4) is 0 Å². The predicted molar refractivity (Wildman–Crippen MR) is 68.4 cm³/mol. The minimum atomic E-state index is -3.04. The maximum Gasteiger partial charge on any atom is 0.211 e. The SMILES string of the molecule is CCOC(O)C1CC2(CCN(S(C)(=O)=O)CC2)C1. The average Bonchev–Trinajstić information content (AvgIpc) is 2.25. The second-order valence-electron chi connectivity index (χ2n) is 5.68. The van der Waals surface area contributed by atoms with Crippen LogP contribution in [0.25, 0.3) is 0 Å². The number of sulfonamides is 1. The molecule has 0 aromatic heterocycles. The summed E-state index contributed by atoms with van der Waals surface area (Å²) < 4.78 is 29.6. The van der Waals surface area contributed by atoms with Crippen LogP contribution in [0, 0.1) is 11.3 Å². The summed E-state index contributed by atoms with van der Waals surface area (Å²) in [5.74, 6) is 0.231. The number of rotatable bonds is 4. The van der Waals surface area contributed by atoms with Crippen molar-refractivity contribution in [2.45, 2.75) is 38.9 Å². The molecule has 0 bridgehead atoms. The van der Waals surface area contributed by atoms with Crippen LogP contribution < -0.4 is 0 Å². The first-order valence-corrected chi connectivity index (χ1v) is 8.46. The predicted octanol–water partition coefficient (Wildman–Crippen LogP) is 0.793. The summed E-state index contributed by atoms with van der Waals surface area (Å²) in [4.78, 5) is 0. The van der Waals surface area contributed by atoms with Gasteiger partial charge in [-0.1, -0.05) is 0 Å². The molecule has 1 saturated carbocycles. The van der Waals surface area contributed by atoms with Gasteiger partial charge in [0.1, 0.15) is 0 Å². The van der Waals surface area contributed by atoms with E-state index >= 15 is 0 Å². The molecule has 6 heteroatoms. The minimum Gasteiger partial charge on any atom is -0.368 e. The normalized spacial score (nSPS) is 27.1. The summed E-state index contributed by atoms with van der Waals surface area (Å²) in [6.45, 7) is 3.65. The second kappa shape index (κ2) is 5.07. The van der Waals surface area contributed by atoms with E-state index in [1.54, 1.807) is 4.31 Å². The molecule has 1 spiro atoms. The van der Waals surface area contributed by atoms with Crippen molar-refractivity contribution in [1.82, 2.24) is 4.31 Å². The molecule has 18 heavy (non-hydrogen) atoms. The van der Waals surface area contributed by atoms with E-state index in [1.165, 1.54) is 6.26 Å². The molecule has 0 aromatic carbocycles. The number of nitrogens with zero attached hydrogens (tertiary/aromatic N) is 1. The van der Waals surface area contributed by atoms with Crippen molar-refractivity contribution in [3.8, 4) is 0 Å². The average molecular weight is 277 g/mol. The third kappa shape index (κ3) is 2.87. The maximum atomic E-state index is 11.4. The van der Waals surface area contributed by atoms with E-state index in [4.69, 9.17) is 4.74 Å². The summed E-state index contributed by atoms with van der Waals surface area (Å²) in [7, 11) is -3.04. The van der Waals surface area contributed by atoms with E-state index in [0.717, 1.165) is 25.7 Å². The molecule has 1 aliphatic carbocycles. The third-order valence-corrected chi connectivity index (χ3v) is 5.69. The summed E-state index contributed by atoms with van der Waals surface area (Å²) in [6, 6.07) is 0. The molecule has 106 valence electrons. The van der Waals surface area contributed by atoms with Gasteiger partial charge in [-0.25, -0.2) is 12.7 Å². The Morgan fingerprint density at radius 1 is 1.39 bits per heavy atom. The largest absolute Gasteiger partial charge is 0.368 e. The van der Waals surface area contributed by atoms with Crippen LogP contribution in [0.5, 0.6) is 0 Å². The Morgan fingerprint density at radius 2 is 1.94 bits per heavy atom. The highest BCUT2D eigenvalue weighted by atomic mass is 32.2. The molecule has 1 heterocycles. The summed E-state index contributed by atoms with van der Waals surface area (Å²) in [6.07, 6.45) is 4.38. The third-order valence-electron chi connectivity index (χ3n) is 4.38. The fourth-order valence-electron chi connectivity index (χ4n) is 3.26. The number of piperidine rings is 1. The van der Waals surface area contributed by atoms with Crippen LogP contribution in [0.4, 0.5) is 0 Å². The van der Waals surface area contributed by atoms with Gasteiger partial charge in [0.15, 0.2) is 6.29 Å². The number of hydrogen-bond acceptors (Lipinski definition) is 4. The van der Waals surface area contributed by atoms with Crippen molar-refractivity contribution in [2.24, 2.45) is 11.3 Å². The van der Waals surface area contributed by atoms with E-state index < -0.39 is 16.3 Å².